The van der Waals surface area contributed by atoms with Crippen LogP contribution in [0.15, 0.2) is 30.3 Å². The number of aryl methyl sites for hydroxylation is 1. The van der Waals surface area contributed by atoms with Crippen LogP contribution in [-0.2, 0) is 27.2 Å². The van der Waals surface area contributed by atoms with Gasteiger partial charge in [-0.1, -0.05) is 48.6 Å². The maximum absolute atomic E-state index is 12.4. The number of carboxylic acid groups (broad SMARTS) is 1. The molecule has 3 rings (SSSR count). The first-order valence-electron chi connectivity index (χ1n) is 10.2. The van der Waals surface area contributed by atoms with E-state index < -0.39 is 0 Å². The third-order valence-electron chi connectivity index (χ3n) is 4.90. The first-order valence-corrected chi connectivity index (χ1v) is 11.0. The van der Waals surface area contributed by atoms with Crippen LogP contribution in [-0.4, -0.2) is 71.7 Å². The molecule has 2 heterocycles. The third-order valence-corrected chi connectivity index (χ3v) is 5.99. The van der Waals surface area contributed by atoms with Gasteiger partial charge in [0.25, 0.3) is 6.47 Å². The minimum absolute atomic E-state index is 0.0565. The zero-order valence-electron chi connectivity index (χ0n) is 17.9. The summed E-state index contributed by atoms with van der Waals surface area (Å²) >= 11 is 1.42. The number of hydrogen-bond acceptors (Lipinski definition) is 7. The zero-order chi connectivity index (χ0) is 22.6. The van der Waals surface area contributed by atoms with Crippen LogP contribution in [0.4, 0.5) is 5.13 Å². The van der Waals surface area contributed by atoms with Crippen molar-refractivity contribution >= 4 is 34.8 Å². The lowest BCUT2D eigenvalue weighted by atomic mass is 10.1. The largest absolute Gasteiger partial charge is 0.483 e. The van der Waals surface area contributed by atoms with Crippen molar-refractivity contribution in [2.75, 3.05) is 38.1 Å². The number of nitrogens with one attached hydrogen (secondary N) is 1. The van der Waals surface area contributed by atoms with E-state index in [1.165, 1.54) is 16.9 Å². The Kier molecular flexibility index (Phi) is 10.0. The van der Waals surface area contributed by atoms with Crippen LogP contribution in [0.2, 0.25) is 0 Å². The summed E-state index contributed by atoms with van der Waals surface area (Å²) < 4.78 is 0. The van der Waals surface area contributed by atoms with Crippen LogP contribution >= 0.6 is 11.3 Å². The Morgan fingerprint density at radius 3 is 2.68 bits per heavy atom. The Bertz CT molecular complexity index is 845. The van der Waals surface area contributed by atoms with E-state index in [-0.39, 0.29) is 30.6 Å². The first kappa shape index (κ1) is 24.4. The van der Waals surface area contributed by atoms with Gasteiger partial charge in [0.15, 0.2) is 0 Å². The fourth-order valence-corrected chi connectivity index (χ4v) is 3.96. The molecule has 0 saturated carbocycles. The molecule has 1 saturated heterocycles. The van der Waals surface area contributed by atoms with Crippen LogP contribution in [0, 0.1) is 5.92 Å². The second kappa shape index (κ2) is 12.8. The lowest BCUT2D eigenvalue weighted by Gasteiger charge is -2.18. The summed E-state index contributed by atoms with van der Waals surface area (Å²) in [5.41, 5.74) is 1.31. The maximum Gasteiger partial charge on any atom is 0.290 e. The molecule has 2 amide bonds. The van der Waals surface area contributed by atoms with E-state index in [0.29, 0.717) is 18.2 Å². The van der Waals surface area contributed by atoms with E-state index in [1.54, 1.807) is 4.90 Å². The van der Waals surface area contributed by atoms with Gasteiger partial charge in [0.05, 0.1) is 5.92 Å². The molecule has 2 aromatic rings. The molecule has 1 aromatic heterocycles. The normalized spacial score (nSPS) is 15.5. The minimum Gasteiger partial charge on any atom is -0.483 e. The molecule has 9 nitrogen and oxygen atoms in total. The van der Waals surface area contributed by atoms with Gasteiger partial charge in [0, 0.05) is 32.6 Å². The Hall–Kier alpha value is -2.85. The third kappa shape index (κ3) is 7.72. The molecule has 2 N–H and O–H groups in total. The molecule has 1 atom stereocenters. The van der Waals surface area contributed by atoms with Gasteiger partial charge in [-0.3, -0.25) is 19.3 Å². The van der Waals surface area contributed by atoms with Gasteiger partial charge < -0.3 is 15.3 Å². The second-order valence-corrected chi connectivity index (χ2v) is 8.21. The molecule has 1 unspecified atom stereocenters. The van der Waals surface area contributed by atoms with Crippen molar-refractivity contribution in [1.82, 2.24) is 20.4 Å². The quantitative estimate of drug-likeness (QED) is 0.559. The highest BCUT2D eigenvalue weighted by molar-refractivity contribution is 7.15. The van der Waals surface area contributed by atoms with Crippen LogP contribution in [0.5, 0.6) is 0 Å². The number of nitrogens with zero attached hydrogens (tertiary/aromatic N) is 4. The number of aromatic nitrogens is 2. The fraction of sp³-hybridized carbons (Fsp3) is 0.476. The molecule has 1 aliphatic heterocycles. The molecule has 168 valence electrons. The monoisotopic (exact) mass is 447 g/mol. The molecule has 1 aliphatic rings. The van der Waals surface area contributed by atoms with E-state index in [0.717, 1.165) is 30.9 Å². The molecular formula is C21H29N5O4S. The lowest BCUT2D eigenvalue weighted by Crippen LogP contribution is -2.38. The molecule has 0 aliphatic carbocycles. The molecular weight excluding hydrogens is 418 g/mol. The van der Waals surface area contributed by atoms with E-state index in [9.17, 15) is 9.59 Å². The highest BCUT2D eigenvalue weighted by atomic mass is 32.1. The predicted molar refractivity (Wildman–Crippen MR) is 119 cm³/mol. The number of carbonyl (C=O) groups excluding carboxylic acids is 2. The molecule has 1 fully saturated rings. The summed E-state index contributed by atoms with van der Waals surface area (Å²) in [5, 5.41) is 19.5. The van der Waals surface area contributed by atoms with Crippen LogP contribution < -0.4 is 10.2 Å². The van der Waals surface area contributed by atoms with Crippen LogP contribution in [0.3, 0.4) is 0 Å². The average Bonchev–Trinajstić information content (AvgIpc) is 3.40. The Labute approximate surface area is 186 Å². The van der Waals surface area contributed by atoms with E-state index in [2.05, 4.69) is 39.6 Å². The van der Waals surface area contributed by atoms with E-state index in [1.807, 2.05) is 25.1 Å². The van der Waals surface area contributed by atoms with Gasteiger partial charge in [-0.05, 0) is 25.5 Å². The van der Waals surface area contributed by atoms with E-state index in [4.69, 9.17) is 9.90 Å². The molecule has 0 radical (unpaired) electrons. The van der Waals surface area contributed by atoms with Gasteiger partial charge in [0.2, 0.25) is 16.9 Å². The molecule has 10 heteroatoms. The Morgan fingerprint density at radius 1 is 1.32 bits per heavy atom. The van der Waals surface area contributed by atoms with Crippen molar-refractivity contribution in [2.45, 2.75) is 26.2 Å². The first-order chi connectivity index (χ1) is 15.0. The number of anilines is 1. The maximum atomic E-state index is 12.4. The zero-order valence-corrected chi connectivity index (χ0v) is 18.7. The predicted octanol–water partition coefficient (Wildman–Crippen LogP) is 1.44. The number of benzene rings is 1. The van der Waals surface area contributed by atoms with Crippen molar-refractivity contribution < 1.29 is 19.5 Å². The van der Waals surface area contributed by atoms with Gasteiger partial charge in [-0.25, -0.2) is 0 Å². The topological polar surface area (TPSA) is 116 Å². The molecule has 0 spiro atoms. The summed E-state index contributed by atoms with van der Waals surface area (Å²) in [5.74, 6) is -0.442. The number of carbonyl (C=O) groups is 3. The van der Waals surface area contributed by atoms with Crippen LogP contribution in [0.1, 0.15) is 23.9 Å². The number of likely N-dealkylation sites (N-methyl/N-ethyl adjacent to an activating group) is 1. The highest BCUT2D eigenvalue weighted by Gasteiger charge is 2.36. The smallest absolute Gasteiger partial charge is 0.290 e. The van der Waals surface area contributed by atoms with Gasteiger partial charge in [-0.15, -0.1) is 10.2 Å². The molecule has 1 aromatic carbocycles. The summed E-state index contributed by atoms with van der Waals surface area (Å²) in [7, 11) is 2.05. The van der Waals surface area contributed by atoms with Crippen molar-refractivity contribution in [1.29, 1.82) is 0 Å². The van der Waals surface area contributed by atoms with Crippen molar-refractivity contribution in [2.24, 2.45) is 5.92 Å². The fourth-order valence-electron chi connectivity index (χ4n) is 3.16. The Morgan fingerprint density at radius 2 is 2.03 bits per heavy atom. The number of hydrogen-bond donors (Lipinski definition) is 2. The van der Waals surface area contributed by atoms with Crippen molar-refractivity contribution in [3.63, 3.8) is 0 Å². The lowest BCUT2D eigenvalue weighted by molar-refractivity contribution is -0.126. The van der Waals surface area contributed by atoms with Gasteiger partial charge in [-0.2, -0.15) is 0 Å². The van der Waals surface area contributed by atoms with Crippen molar-refractivity contribution in [3.8, 4) is 0 Å². The number of rotatable bonds is 9. The summed E-state index contributed by atoms with van der Waals surface area (Å²) in [6.45, 7) is 4.43. The minimum atomic E-state index is -0.323. The standard InChI is InChI=1S/C20H27N5O2S.CH2O2/c1-3-17-22-23-20(28-17)25-14-16(13-18(25)26)19(27)21-10-12-24(2)11-9-15-7-5-4-6-8-15;2-1-3/h4-8,16H,3,9-14H2,1-2H3,(H,21,27);1H,(H,2,3). The summed E-state index contributed by atoms with van der Waals surface area (Å²) in [6.07, 6.45) is 2.01. The van der Waals surface area contributed by atoms with Gasteiger partial charge >= 0.3 is 0 Å². The van der Waals surface area contributed by atoms with Crippen LogP contribution in [0.25, 0.3) is 0 Å². The molecule has 0 bridgehead atoms. The van der Waals surface area contributed by atoms with Gasteiger partial charge in [0.1, 0.15) is 5.01 Å². The molecule has 31 heavy (non-hydrogen) atoms. The second-order valence-electron chi connectivity index (χ2n) is 7.17. The number of amides is 2. The van der Waals surface area contributed by atoms with Crippen molar-refractivity contribution in [3.05, 3.63) is 40.9 Å². The summed E-state index contributed by atoms with van der Waals surface area (Å²) in [4.78, 5) is 36.9. The Balaban J connectivity index is 0.00000107. The average molecular weight is 448 g/mol. The SMILES string of the molecule is CCc1nnc(N2CC(C(=O)NCCN(C)CCc3ccccc3)CC2=O)s1.O=CO. The highest BCUT2D eigenvalue weighted by Crippen LogP contribution is 2.28. The van der Waals surface area contributed by atoms with E-state index >= 15 is 0 Å². The summed E-state index contributed by atoms with van der Waals surface area (Å²) in [6, 6.07) is 10.4.